The molecule has 1 atom stereocenters. The highest BCUT2D eigenvalue weighted by molar-refractivity contribution is 5.78. The molecule has 4 nitrogen and oxygen atoms in total. The normalized spacial score (nSPS) is 12.7. The maximum Gasteiger partial charge on any atom is 0.258 e. The predicted molar refractivity (Wildman–Crippen MR) is 106 cm³/mol. The summed E-state index contributed by atoms with van der Waals surface area (Å²) in [6.45, 7) is 7.35. The minimum absolute atomic E-state index is 0.0148. The Balaban J connectivity index is 1.93. The molecule has 0 spiro atoms. The number of hydrogen-bond donors (Lipinski definition) is 2. The Bertz CT molecular complexity index is 688. The molecular weight excluding hydrogens is 324 g/mol. The first-order valence-corrected chi connectivity index (χ1v) is 9.12. The van der Waals surface area contributed by atoms with Crippen LogP contribution in [0, 0.1) is 0 Å². The zero-order valence-electron chi connectivity index (χ0n) is 16.5. The van der Waals surface area contributed by atoms with Gasteiger partial charge < -0.3 is 15.0 Å². The van der Waals surface area contributed by atoms with E-state index >= 15 is 0 Å². The van der Waals surface area contributed by atoms with E-state index in [0.29, 0.717) is 5.75 Å². The average molecular weight is 356 g/mol. The summed E-state index contributed by atoms with van der Waals surface area (Å²) in [5.41, 5.74) is 2.46. The predicted octanol–water partition coefficient (Wildman–Crippen LogP) is 2.36. The van der Waals surface area contributed by atoms with Gasteiger partial charge in [-0.15, -0.1) is 0 Å². The number of nitrogens with one attached hydrogen (secondary N) is 2. The Morgan fingerprint density at radius 1 is 1.04 bits per heavy atom. The van der Waals surface area contributed by atoms with E-state index < -0.39 is 0 Å². The van der Waals surface area contributed by atoms with Crippen LogP contribution < -0.4 is 15.0 Å². The van der Waals surface area contributed by atoms with Crippen molar-refractivity contribution in [3.05, 3.63) is 65.7 Å². The lowest BCUT2D eigenvalue weighted by atomic mass is 9.87. The third kappa shape index (κ3) is 6.19. The van der Waals surface area contributed by atoms with E-state index in [1.807, 2.05) is 42.5 Å². The van der Waals surface area contributed by atoms with Crippen LogP contribution in [-0.4, -0.2) is 33.2 Å². The molecule has 0 aliphatic rings. The third-order valence-corrected chi connectivity index (χ3v) is 4.24. The summed E-state index contributed by atoms with van der Waals surface area (Å²) >= 11 is 0. The average Bonchev–Trinajstić information content (AvgIpc) is 2.59. The number of rotatable bonds is 7. The van der Waals surface area contributed by atoms with Crippen LogP contribution in [0.4, 0.5) is 0 Å². The molecule has 0 fully saturated rings. The van der Waals surface area contributed by atoms with Crippen molar-refractivity contribution in [2.75, 3.05) is 27.2 Å². The minimum atomic E-state index is -0.111. The summed E-state index contributed by atoms with van der Waals surface area (Å²) in [6.07, 6.45) is 0. The highest BCUT2D eigenvalue weighted by atomic mass is 16.5. The first-order valence-electron chi connectivity index (χ1n) is 9.12. The molecule has 4 heteroatoms. The molecule has 0 heterocycles. The number of carbonyl (C=O) groups is 1. The highest BCUT2D eigenvalue weighted by Gasteiger charge is 2.18. The Hall–Kier alpha value is -2.33. The maximum atomic E-state index is 12.4. The van der Waals surface area contributed by atoms with Crippen LogP contribution >= 0.6 is 0 Å². The van der Waals surface area contributed by atoms with E-state index in [4.69, 9.17) is 4.74 Å². The standard InChI is InChI=1S/C22H30N2O2/c1-22(2,3)18-11-13-19(14-12-18)26-16-21(25)23-20(15-24(4)5)17-9-7-6-8-10-17/h6-14,20H,15-16H2,1-5H3,(H,23,25)/p+1/t20-/m0/s1. The molecule has 0 aliphatic heterocycles. The van der Waals surface area contributed by atoms with Crippen LogP contribution in [0.5, 0.6) is 5.75 Å². The Morgan fingerprint density at radius 3 is 2.19 bits per heavy atom. The SMILES string of the molecule is C[NH+](C)C[C@H](NC(=O)COc1ccc(C(C)(C)C)cc1)c1ccccc1. The van der Waals surface area contributed by atoms with Crippen molar-refractivity contribution in [2.24, 2.45) is 0 Å². The fraction of sp³-hybridized carbons (Fsp3) is 0.409. The molecule has 0 saturated carbocycles. The second-order valence-corrected chi connectivity index (χ2v) is 8.01. The van der Waals surface area contributed by atoms with Crippen LogP contribution in [0.2, 0.25) is 0 Å². The molecule has 0 bridgehead atoms. The summed E-state index contributed by atoms with van der Waals surface area (Å²) in [6, 6.07) is 18.0. The Morgan fingerprint density at radius 2 is 1.65 bits per heavy atom. The van der Waals surface area contributed by atoms with E-state index in [1.165, 1.54) is 10.5 Å². The summed E-state index contributed by atoms with van der Waals surface area (Å²) in [4.78, 5) is 13.6. The minimum Gasteiger partial charge on any atom is -0.484 e. The fourth-order valence-corrected chi connectivity index (χ4v) is 2.78. The van der Waals surface area contributed by atoms with Gasteiger partial charge in [0.1, 0.15) is 18.3 Å². The van der Waals surface area contributed by atoms with E-state index in [-0.39, 0.29) is 24.0 Å². The fourth-order valence-electron chi connectivity index (χ4n) is 2.78. The smallest absolute Gasteiger partial charge is 0.258 e. The zero-order valence-corrected chi connectivity index (χ0v) is 16.5. The Kier molecular flexibility index (Phi) is 6.81. The van der Waals surface area contributed by atoms with Gasteiger partial charge in [0.05, 0.1) is 14.1 Å². The van der Waals surface area contributed by atoms with Gasteiger partial charge in [0.15, 0.2) is 6.61 Å². The lowest BCUT2D eigenvalue weighted by molar-refractivity contribution is -0.860. The van der Waals surface area contributed by atoms with Crippen molar-refractivity contribution in [3.8, 4) is 5.75 Å². The maximum absolute atomic E-state index is 12.4. The van der Waals surface area contributed by atoms with Crippen LogP contribution in [0.1, 0.15) is 37.9 Å². The number of ether oxygens (including phenoxy) is 1. The third-order valence-electron chi connectivity index (χ3n) is 4.24. The summed E-state index contributed by atoms with van der Waals surface area (Å²) in [5.74, 6) is 0.600. The molecule has 0 saturated heterocycles. The molecule has 0 aromatic heterocycles. The number of benzene rings is 2. The molecule has 2 rings (SSSR count). The second-order valence-electron chi connectivity index (χ2n) is 8.01. The van der Waals surface area contributed by atoms with Crippen LogP contribution in [0.3, 0.4) is 0 Å². The number of likely N-dealkylation sites (N-methyl/N-ethyl adjacent to an activating group) is 1. The lowest BCUT2D eigenvalue weighted by Crippen LogP contribution is -3.06. The van der Waals surface area contributed by atoms with Gasteiger partial charge in [0, 0.05) is 0 Å². The summed E-state index contributed by atoms with van der Waals surface area (Å²) < 4.78 is 5.66. The molecule has 2 aromatic carbocycles. The van der Waals surface area contributed by atoms with Crippen molar-refractivity contribution in [1.82, 2.24) is 5.32 Å². The molecular formula is C22H31N2O2+. The number of carbonyl (C=O) groups excluding carboxylic acids is 1. The lowest BCUT2D eigenvalue weighted by Gasteiger charge is -2.21. The van der Waals surface area contributed by atoms with E-state index in [1.54, 1.807) is 0 Å². The molecule has 26 heavy (non-hydrogen) atoms. The molecule has 2 aromatic rings. The molecule has 0 aliphatic carbocycles. The van der Waals surface area contributed by atoms with Crippen molar-refractivity contribution < 1.29 is 14.4 Å². The summed E-state index contributed by atoms with van der Waals surface area (Å²) in [5, 5.41) is 3.09. The van der Waals surface area contributed by atoms with E-state index in [9.17, 15) is 4.79 Å². The zero-order chi connectivity index (χ0) is 19.2. The van der Waals surface area contributed by atoms with E-state index in [0.717, 1.165) is 12.1 Å². The van der Waals surface area contributed by atoms with Gasteiger partial charge in [-0.2, -0.15) is 0 Å². The van der Waals surface area contributed by atoms with Gasteiger partial charge in [-0.25, -0.2) is 0 Å². The first kappa shape index (κ1) is 20.0. The van der Waals surface area contributed by atoms with Gasteiger partial charge in [-0.1, -0.05) is 63.2 Å². The van der Waals surface area contributed by atoms with Crippen molar-refractivity contribution in [2.45, 2.75) is 32.2 Å². The van der Waals surface area contributed by atoms with Crippen LogP contribution in [0.25, 0.3) is 0 Å². The van der Waals surface area contributed by atoms with Crippen molar-refractivity contribution in [1.29, 1.82) is 0 Å². The largest absolute Gasteiger partial charge is 0.484 e. The number of amides is 1. The van der Waals surface area contributed by atoms with Crippen molar-refractivity contribution in [3.63, 3.8) is 0 Å². The highest BCUT2D eigenvalue weighted by Crippen LogP contribution is 2.24. The quantitative estimate of drug-likeness (QED) is 0.801. The number of hydrogen-bond acceptors (Lipinski definition) is 2. The molecule has 140 valence electrons. The monoisotopic (exact) mass is 355 g/mol. The first-order chi connectivity index (χ1) is 12.3. The van der Waals surface area contributed by atoms with Gasteiger partial charge in [-0.05, 0) is 28.7 Å². The van der Waals surface area contributed by atoms with Gasteiger partial charge in [0.2, 0.25) is 0 Å². The van der Waals surface area contributed by atoms with Crippen LogP contribution in [-0.2, 0) is 10.2 Å². The molecule has 1 amide bonds. The van der Waals surface area contributed by atoms with Gasteiger partial charge in [-0.3, -0.25) is 4.79 Å². The van der Waals surface area contributed by atoms with Crippen LogP contribution in [0.15, 0.2) is 54.6 Å². The second kappa shape index (κ2) is 8.86. The summed E-state index contributed by atoms with van der Waals surface area (Å²) in [7, 11) is 4.16. The topological polar surface area (TPSA) is 42.8 Å². The molecule has 0 unspecified atom stereocenters. The number of quaternary nitrogens is 1. The van der Waals surface area contributed by atoms with E-state index in [2.05, 4.69) is 52.3 Å². The van der Waals surface area contributed by atoms with Gasteiger partial charge in [0.25, 0.3) is 5.91 Å². The Labute approximate surface area is 157 Å². The molecule has 0 radical (unpaired) electrons. The molecule has 2 N–H and O–H groups in total. The van der Waals surface area contributed by atoms with Crippen molar-refractivity contribution >= 4 is 5.91 Å². The van der Waals surface area contributed by atoms with Gasteiger partial charge >= 0.3 is 0 Å².